The van der Waals surface area contributed by atoms with Crippen LogP contribution < -0.4 is 0 Å². The van der Waals surface area contributed by atoms with E-state index in [1.54, 1.807) is 6.92 Å². The lowest BCUT2D eigenvalue weighted by Crippen LogP contribution is -2.34. The molecule has 0 aromatic carbocycles. The number of aliphatic hydroxyl groups is 1. The highest BCUT2D eigenvalue weighted by Crippen LogP contribution is 2.41. The second kappa shape index (κ2) is 3.97. The molecule has 0 radical (unpaired) electrons. The van der Waals surface area contributed by atoms with E-state index in [2.05, 4.69) is 13.8 Å². The normalized spacial score (nSPS) is 29.7. The number of hydrogen-bond donors (Lipinski definition) is 2. The average Bonchev–Trinajstić information content (AvgIpc) is 1.94. The maximum absolute atomic E-state index is 10.5. The summed E-state index contributed by atoms with van der Waals surface area (Å²) < 4.78 is 0. The van der Waals surface area contributed by atoms with Crippen molar-refractivity contribution in [2.24, 2.45) is 5.41 Å². The van der Waals surface area contributed by atoms with Crippen LogP contribution in [-0.4, -0.2) is 21.8 Å². The zero-order valence-electron chi connectivity index (χ0n) is 9.71. The Balaban J connectivity index is 2.71. The van der Waals surface area contributed by atoms with Crippen LogP contribution in [0.5, 0.6) is 0 Å². The minimum absolute atomic E-state index is 0.0616. The van der Waals surface area contributed by atoms with Crippen LogP contribution in [0, 0.1) is 5.41 Å². The van der Waals surface area contributed by atoms with Crippen molar-refractivity contribution < 1.29 is 15.0 Å². The SMILES string of the molecule is CC1(O)C=C(CCC(=O)O)CC(C)(C)C1. The van der Waals surface area contributed by atoms with Gasteiger partial charge in [0.15, 0.2) is 0 Å². The van der Waals surface area contributed by atoms with Gasteiger partial charge in [0.05, 0.1) is 5.60 Å². The largest absolute Gasteiger partial charge is 0.481 e. The molecule has 1 rings (SSSR count). The van der Waals surface area contributed by atoms with Crippen molar-refractivity contribution in [2.45, 2.75) is 52.1 Å². The van der Waals surface area contributed by atoms with Gasteiger partial charge in [-0.1, -0.05) is 25.5 Å². The first-order valence-electron chi connectivity index (χ1n) is 5.35. The molecule has 0 heterocycles. The molecule has 3 nitrogen and oxygen atoms in total. The van der Waals surface area contributed by atoms with Gasteiger partial charge in [0.25, 0.3) is 0 Å². The molecular weight excluding hydrogens is 192 g/mol. The first-order valence-corrected chi connectivity index (χ1v) is 5.35. The second-order valence-electron chi connectivity index (χ2n) is 5.57. The van der Waals surface area contributed by atoms with Crippen molar-refractivity contribution in [3.63, 3.8) is 0 Å². The summed E-state index contributed by atoms with van der Waals surface area (Å²) in [6.07, 6.45) is 4.15. The van der Waals surface area contributed by atoms with Crippen LogP contribution in [0.3, 0.4) is 0 Å². The Morgan fingerprint density at radius 3 is 2.53 bits per heavy atom. The maximum Gasteiger partial charge on any atom is 0.303 e. The van der Waals surface area contributed by atoms with Crippen molar-refractivity contribution in [1.82, 2.24) is 0 Å². The monoisotopic (exact) mass is 212 g/mol. The first-order chi connectivity index (χ1) is 6.70. The summed E-state index contributed by atoms with van der Waals surface area (Å²) in [5.41, 5.74) is 0.348. The minimum atomic E-state index is -0.782. The Labute approximate surface area is 90.8 Å². The molecule has 3 heteroatoms. The Morgan fingerprint density at radius 2 is 2.07 bits per heavy atom. The summed E-state index contributed by atoms with van der Waals surface area (Å²) in [7, 11) is 0. The lowest BCUT2D eigenvalue weighted by molar-refractivity contribution is -0.137. The smallest absolute Gasteiger partial charge is 0.303 e. The van der Waals surface area contributed by atoms with Crippen LogP contribution in [0.4, 0.5) is 0 Å². The molecule has 1 aliphatic carbocycles. The van der Waals surface area contributed by atoms with E-state index in [1.165, 1.54) is 0 Å². The molecule has 1 unspecified atom stereocenters. The zero-order valence-corrected chi connectivity index (χ0v) is 9.71. The van der Waals surface area contributed by atoms with Crippen molar-refractivity contribution >= 4 is 5.97 Å². The van der Waals surface area contributed by atoms with Crippen molar-refractivity contribution in [1.29, 1.82) is 0 Å². The van der Waals surface area contributed by atoms with Gasteiger partial charge in [-0.05, 0) is 31.6 Å². The molecule has 2 N–H and O–H groups in total. The number of carboxylic acid groups (broad SMARTS) is 1. The predicted molar refractivity (Wildman–Crippen MR) is 58.6 cm³/mol. The van der Waals surface area contributed by atoms with Crippen LogP contribution in [-0.2, 0) is 4.79 Å². The molecule has 1 atom stereocenters. The van der Waals surface area contributed by atoms with E-state index in [-0.39, 0.29) is 11.8 Å². The first kappa shape index (κ1) is 12.2. The van der Waals surface area contributed by atoms with Crippen LogP contribution in [0.2, 0.25) is 0 Å². The van der Waals surface area contributed by atoms with Gasteiger partial charge in [-0.3, -0.25) is 4.79 Å². The molecule has 0 aromatic heterocycles. The average molecular weight is 212 g/mol. The standard InChI is InChI=1S/C12H20O3/c1-11(2)6-9(4-5-10(13)14)7-12(3,15)8-11/h7,15H,4-6,8H2,1-3H3,(H,13,14). The summed E-state index contributed by atoms with van der Waals surface area (Å²) in [6, 6.07) is 0. The summed E-state index contributed by atoms with van der Waals surface area (Å²) in [5, 5.41) is 18.6. The molecule has 0 spiro atoms. The summed E-state index contributed by atoms with van der Waals surface area (Å²) in [6.45, 7) is 6.00. The molecule has 0 fully saturated rings. The van der Waals surface area contributed by atoms with E-state index in [1.807, 2.05) is 6.08 Å². The third-order valence-corrected chi connectivity index (χ3v) is 2.72. The molecule has 86 valence electrons. The van der Waals surface area contributed by atoms with Gasteiger partial charge in [0.2, 0.25) is 0 Å². The van der Waals surface area contributed by atoms with Gasteiger partial charge in [0, 0.05) is 6.42 Å². The maximum atomic E-state index is 10.5. The lowest BCUT2D eigenvalue weighted by Gasteiger charge is -2.38. The van der Waals surface area contributed by atoms with Gasteiger partial charge in [-0.15, -0.1) is 0 Å². The third-order valence-electron chi connectivity index (χ3n) is 2.72. The predicted octanol–water partition coefficient (Wildman–Crippen LogP) is 2.35. The van der Waals surface area contributed by atoms with Crippen LogP contribution in [0.25, 0.3) is 0 Å². The molecule has 0 amide bonds. The fourth-order valence-corrected chi connectivity index (χ4v) is 2.62. The molecule has 0 saturated heterocycles. The number of carboxylic acids is 1. The van der Waals surface area contributed by atoms with E-state index in [9.17, 15) is 9.90 Å². The highest BCUT2D eigenvalue weighted by atomic mass is 16.4. The Kier molecular flexibility index (Phi) is 3.24. The summed E-state index contributed by atoms with van der Waals surface area (Å²) in [4.78, 5) is 10.5. The van der Waals surface area contributed by atoms with E-state index in [4.69, 9.17) is 5.11 Å². The minimum Gasteiger partial charge on any atom is -0.481 e. The van der Waals surface area contributed by atoms with Gasteiger partial charge in [-0.2, -0.15) is 0 Å². The summed E-state index contributed by atoms with van der Waals surface area (Å²) in [5.74, 6) is -0.779. The highest BCUT2D eigenvalue weighted by molar-refractivity contribution is 5.67. The van der Waals surface area contributed by atoms with E-state index >= 15 is 0 Å². The second-order valence-corrected chi connectivity index (χ2v) is 5.57. The third kappa shape index (κ3) is 4.04. The van der Waals surface area contributed by atoms with Gasteiger partial charge in [0.1, 0.15) is 0 Å². The van der Waals surface area contributed by atoms with Gasteiger partial charge < -0.3 is 10.2 Å². The Bertz CT molecular complexity index is 287. The van der Waals surface area contributed by atoms with E-state index in [0.29, 0.717) is 6.42 Å². The van der Waals surface area contributed by atoms with Gasteiger partial charge >= 0.3 is 5.97 Å². The molecule has 0 aliphatic heterocycles. The van der Waals surface area contributed by atoms with Crippen molar-refractivity contribution in [3.8, 4) is 0 Å². The molecule has 15 heavy (non-hydrogen) atoms. The molecule has 0 aromatic rings. The fourth-order valence-electron chi connectivity index (χ4n) is 2.62. The topological polar surface area (TPSA) is 57.5 Å². The summed E-state index contributed by atoms with van der Waals surface area (Å²) >= 11 is 0. The van der Waals surface area contributed by atoms with E-state index < -0.39 is 11.6 Å². The van der Waals surface area contributed by atoms with Crippen molar-refractivity contribution in [3.05, 3.63) is 11.6 Å². The quantitative estimate of drug-likeness (QED) is 0.706. The number of aliphatic carboxylic acids is 1. The fraction of sp³-hybridized carbons (Fsp3) is 0.750. The molecule has 0 saturated carbocycles. The van der Waals surface area contributed by atoms with Crippen LogP contribution >= 0.6 is 0 Å². The van der Waals surface area contributed by atoms with Gasteiger partial charge in [-0.25, -0.2) is 0 Å². The number of allylic oxidation sites excluding steroid dienone is 1. The highest BCUT2D eigenvalue weighted by Gasteiger charge is 2.34. The number of hydrogen-bond acceptors (Lipinski definition) is 2. The Hall–Kier alpha value is -0.830. The van der Waals surface area contributed by atoms with Crippen LogP contribution in [0.1, 0.15) is 46.5 Å². The van der Waals surface area contributed by atoms with Crippen molar-refractivity contribution in [2.75, 3.05) is 0 Å². The lowest BCUT2D eigenvalue weighted by atomic mass is 9.70. The number of carbonyl (C=O) groups is 1. The molecule has 0 bridgehead atoms. The number of rotatable bonds is 3. The Morgan fingerprint density at radius 1 is 1.47 bits per heavy atom. The molecular formula is C12H20O3. The van der Waals surface area contributed by atoms with E-state index in [0.717, 1.165) is 18.4 Å². The van der Waals surface area contributed by atoms with Crippen LogP contribution in [0.15, 0.2) is 11.6 Å². The molecule has 1 aliphatic rings. The zero-order chi connectivity index (χ0) is 11.7.